The summed E-state index contributed by atoms with van der Waals surface area (Å²) in [6, 6.07) is 17.9. The molecule has 0 saturated carbocycles. The van der Waals surface area contributed by atoms with Crippen molar-refractivity contribution in [2.45, 2.75) is 4.90 Å². The van der Waals surface area contributed by atoms with Crippen molar-refractivity contribution in [3.05, 3.63) is 72.7 Å². The molecule has 8 heteroatoms. The summed E-state index contributed by atoms with van der Waals surface area (Å²) in [5, 5.41) is 9.82. The molecule has 154 valence electrons. The normalized spacial score (nSPS) is 13.5. The van der Waals surface area contributed by atoms with Crippen LogP contribution in [0.1, 0.15) is 5.69 Å². The number of rotatable bonds is 3. The lowest BCUT2D eigenvalue weighted by atomic mass is 10.1. The molecule has 0 spiro atoms. The Hall–Kier alpha value is -3.83. The van der Waals surface area contributed by atoms with E-state index in [0.29, 0.717) is 17.1 Å². The Morgan fingerprint density at radius 3 is 2.68 bits per heavy atom. The third-order valence-electron chi connectivity index (χ3n) is 5.44. The number of sulfonamides is 1. The number of hydrogen-bond donors (Lipinski definition) is 0. The first-order valence-electron chi connectivity index (χ1n) is 9.68. The summed E-state index contributed by atoms with van der Waals surface area (Å²) in [7, 11) is -1.86. The number of hydrogen-bond acceptors (Lipinski definition) is 5. The van der Waals surface area contributed by atoms with Crippen LogP contribution < -0.4 is 9.04 Å². The van der Waals surface area contributed by atoms with E-state index in [9.17, 15) is 8.42 Å². The molecule has 0 fully saturated rings. The predicted octanol–water partition coefficient (Wildman–Crippen LogP) is 3.70. The van der Waals surface area contributed by atoms with E-state index in [4.69, 9.17) is 10.00 Å². The van der Waals surface area contributed by atoms with Crippen LogP contribution in [0.5, 0.6) is 5.75 Å². The summed E-state index contributed by atoms with van der Waals surface area (Å²) in [6.07, 6.45) is 3.51. The third-order valence-corrected chi connectivity index (χ3v) is 7.24. The maximum Gasteiger partial charge on any atom is 0.264 e. The van der Waals surface area contributed by atoms with Crippen LogP contribution in [0.15, 0.2) is 71.9 Å². The number of aromatic nitrogens is 2. The van der Waals surface area contributed by atoms with Gasteiger partial charge in [-0.25, -0.2) is 13.4 Å². The van der Waals surface area contributed by atoms with Gasteiger partial charge in [0.1, 0.15) is 24.1 Å². The van der Waals surface area contributed by atoms with Gasteiger partial charge in [0.05, 0.1) is 17.1 Å². The van der Waals surface area contributed by atoms with Gasteiger partial charge in [0.2, 0.25) is 0 Å². The number of pyridine rings is 1. The van der Waals surface area contributed by atoms with Crippen LogP contribution in [0.3, 0.4) is 0 Å². The van der Waals surface area contributed by atoms with Crippen LogP contribution in [0.4, 0.5) is 5.69 Å². The van der Waals surface area contributed by atoms with Crippen LogP contribution in [0.25, 0.3) is 22.0 Å². The van der Waals surface area contributed by atoms with Gasteiger partial charge >= 0.3 is 0 Å². The van der Waals surface area contributed by atoms with Gasteiger partial charge in [0.25, 0.3) is 10.0 Å². The SMILES string of the molecule is Cn1ccc2cc(S(=O)(=O)N3CCOc4ccc(-c5ccc(C#N)nc5)cc43)ccc21. The number of nitrogens with zero attached hydrogens (tertiary/aromatic N) is 4. The fourth-order valence-corrected chi connectivity index (χ4v) is 5.29. The Bertz CT molecular complexity index is 1450. The zero-order chi connectivity index (χ0) is 21.6. The zero-order valence-electron chi connectivity index (χ0n) is 16.7. The molecule has 0 atom stereocenters. The molecule has 0 amide bonds. The van der Waals surface area contributed by atoms with E-state index in [-0.39, 0.29) is 18.0 Å². The van der Waals surface area contributed by atoms with E-state index in [1.54, 1.807) is 42.6 Å². The molecule has 2 aromatic carbocycles. The second kappa shape index (κ2) is 7.15. The molecule has 2 aromatic heterocycles. The molecule has 0 unspecified atom stereocenters. The summed E-state index contributed by atoms with van der Waals surface area (Å²) in [5.74, 6) is 0.515. The van der Waals surface area contributed by atoms with Gasteiger partial charge in [-0.15, -0.1) is 0 Å². The first kappa shape index (κ1) is 19.2. The largest absolute Gasteiger partial charge is 0.489 e. The molecular formula is C23H18N4O3S. The molecule has 1 aliphatic heterocycles. The van der Waals surface area contributed by atoms with Crippen molar-refractivity contribution in [1.29, 1.82) is 5.26 Å². The van der Waals surface area contributed by atoms with E-state index < -0.39 is 10.0 Å². The van der Waals surface area contributed by atoms with Gasteiger partial charge in [-0.2, -0.15) is 5.26 Å². The predicted molar refractivity (Wildman–Crippen MR) is 117 cm³/mol. The van der Waals surface area contributed by atoms with Crippen LogP contribution in [0, 0.1) is 11.3 Å². The van der Waals surface area contributed by atoms with E-state index in [2.05, 4.69) is 4.98 Å². The number of nitriles is 1. The Morgan fingerprint density at radius 1 is 1.06 bits per heavy atom. The Morgan fingerprint density at radius 2 is 1.90 bits per heavy atom. The summed E-state index contributed by atoms with van der Waals surface area (Å²) in [4.78, 5) is 4.35. The van der Waals surface area contributed by atoms with Crippen molar-refractivity contribution in [2.75, 3.05) is 17.5 Å². The van der Waals surface area contributed by atoms with E-state index >= 15 is 0 Å². The van der Waals surface area contributed by atoms with Crippen LogP contribution in [-0.2, 0) is 17.1 Å². The molecule has 0 saturated heterocycles. The number of aryl methyl sites for hydroxylation is 1. The molecule has 31 heavy (non-hydrogen) atoms. The fraction of sp³-hybridized carbons (Fsp3) is 0.130. The molecule has 0 radical (unpaired) electrons. The summed E-state index contributed by atoms with van der Waals surface area (Å²) in [6.45, 7) is 0.495. The quantitative estimate of drug-likeness (QED) is 0.495. The smallest absolute Gasteiger partial charge is 0.264 e. The average Bonchev–Trinajstić information content (AvgIpc) is 3.18. The third kappa shape index (κ3) is 3.20. The van der Waals surface area contributed by atoms with Crippen molar-refractivity contribution in [2.24, 2.45) is 7.05 Å². The van der Waals surface area contributed by atoms with Crippen molar-refractivity contribution in [3.8, 4) is 22.9 Å². The summed E-state index contributed by atoms with van der Waals surface area (Å²) in [5.41, 5.74) is 3.36. The van der Waals surface area contributed by atoms with Crippen molar-refractivity contribution >= 4 is 26.6 Å². The highest BCUT2D eigenvalue weighted by Crippen LogP contribution is 2.38. The van der Waals surface area contributed by atoms with Crippen molar-refractivity contribution in [1.82, 2.24) is 9.55 Å². The molecule has 0 aliphatic carbocycles. The molecule has 0 bridgehead atoms. The van der Waals surface area contributed by atoms with Crippen LogP contribution in [0.2, 0.25) is 0 Å². The van der Waals surface area contributed by atoms with Gasteiger partial charge < -0.3 is 9.30 Å². The van der Waals surface area contributed by atoms with Crippen LogP contribution >= 0.6 is 0 Å². The number of fused-ring (bicyclic) bond motifs is 2. The molecule has 7 nitrogen and oxygen atoms in total. The molecule has 1 aliphatic rings. The second-order valence-corrected chi connectivity index (χ2v) is 9.16. The minimum absolute atomic E-state index is 0.219. The fourth-order valence-electron chi connectivity index (χ4n) is 3.80. The second-order valence-electron chi connectivity index (χ2n) is 7.30. The van der Waals surface area contributed by atoms with E-state index in [1.165, 1.54) is 4.31 Å². The topological polar surface area (TPSA) is 88.2 Å². The van der Waals surface area contributed by atoms with E-state index in [0.717, 1.165) is 22.0 Å². The Labute approximate surface area is 179 Å². The van der Waals surface area contributed by atoms with Crippen LogP contribution in [-0.4, -0.2) is 31.1 Å². The number of anilines is 1. The molecular weight excluding hydrogens is 412 g/mol. The lowest BCUT2D eigenvalue weighted by molar-refractivity contribution is 0.316. The molecule has 3 heterocycles. The average molecular weight is 430 g/mol. The minimum atomic E-state index is -3.78. The number of ether oxygens (including phenoxy) is 1. The van der Waals surface area contributed by atoms with Gasteiger partial charge in [-0.05, 0) is 54.1 Å². The zero-order valence-corrected chi connectivity index (χ0v) is 17.5. The van der Waals surface area contributed by atoms with Gasteiger partial charge in [0.15, 0.2) is 0 Å². The monoisotopic (exact) mass is 430 g/mol. The van der Waals surface area contributed by atoms with E-state index in [1.807, 2.05) is 42.1 Å². The first-order chi connectivity index (χ1) is 15.0. The Kier molecular flexibility index (Phi) is 4.41. The first-order valence-corrected chi connectivity index (χ1v) is 11.1. The lowest BCUT2D eigenvalue weighted by Gasteiger charge is -2.31. The lowest BCUT2D eigenvalue weighted by Crippen LogP contribution is -2.37. The highest BCUT2D eigenvalue weighted by molar-refractivity contribution is 7.92. The minimum Gasteiger partial charge on any atom is -0.489 e. The van der Waals surface area contributed by atoms with Crippen molar-refractivity contribution < 1.29 is 13.2 Å². The highest BCUT2D eigenvalue weighted by atomic mass is 32.2. The van der Waals surface area contributed by atoms with Gasteiger partial charge in [-0.3, -0.25) is 4.31 Å². The maximum atomic E-state index is 13.5. The van der Waals surface area contributed by atoms with Gasteiger partial charge in [0, 0.05) is 35.9 Å². The summed E-state index contributed by atoms with van der Waals surface area (Å²) >= 11 is 0. The Balaban J connectivity index is 1.58. The maximum absolute atomic E-state index is 13.5. The molecule has 4 aromatic rings. The summed E-state index contributed by atoms with van der Waals surface area (Å²) < 4.78 is 36.2. The van der Waals surface area contributed by atoms with Crippen molar-refractivity contribution in [3.63, 3.8) is 0 Å². The molecule has 0 N–H and O–H groups in total. The standard InChI is InChI=1S/C23H18N4O3S/c1-26-9-8-17-12-20(5-6-21(17)26)31(28,29)27-10-11-30-23-7-3-16(13-22(23)27)18-2-4-19(14-24)25-15-18/h2-9,12-13,15H,10-11H2,1H3. The van der Waals surface area contributed by atoms with Gasteiger partial charge in [-0.1, -0.05) is 6.07 Å². The highest BCUT2D eigenvalue weighted by Gasteiger charge is 2.30. The molecule has 5 rings (SSSR count). The number of benzene rings is 2.